The first kappa shape index (κ1) is 15.9. The normalized spacial score (nSPS) is 11.8. The molecule has 1 N–H and O–H groups in total. The molecule has 122 valence electrons. The van der Waals surface area contributed by atoms with Crippen LogP contribution in [0.3, 0.4) is 0 Å². The highest BCUT2D eigenvalue weighted by Gasteiger charge is 2.16. The number of amides is 1. The largest absolute Gasteiger partial charge is 0.497 e. The second kappa shape index (κ2) is 7.04. The molecule has 0 aliphatic carbocycles. The third-order valence-corrected chi connectivity index (χ3v) is 3.77. The Bertz CT molecular complexity index is 855. The molecule has 0 bridgehead atoms. The van der Waals surface area contributed by atoms with Crippen LogP contribution >= 0.6 is 0 Å². The molecule has 3 aromatic rings. The number of fused-ring (bicyclic) bond motifs is 1. The van der Waals surface area contributed by atoms with E-state index >= 15 is 0 Å². The fourth-order valence-electron chi connectivity index (χ4n) is 2.50. The number of ether oxygens (including phenoxy) is 2. The first-order valence-electron chi connectivity index (χ1n) is 7.77. The SMILES string of the molecule is COc1cccc(OC(C)C(=O)Nc2cccc3ccccc23)c1. The van der Waals surface area contributed by atoms with E-state index in [2.05, 4.69) is 5.32 Å². The number of methoxy groups -OCH3 is 1. The molecule has 1 unspecified atom stereocenters. The molecule has 0 aromatic heterocycles. The average molecular weight is 321 g/mol. The lowest BCUT2D eigenvalue weighted by Gasteiger charge is -2.16. The molecule has 4 heteroatoms. The molecule has 0 spiro atoms. The highest BCUT2D eigenvalue weighted by molar-refractivity contribution is 6.03. The van der Waals surface area contributed by atoms with E-state index in [0.29, 0.717) is 11.5 Å². The Hall–Kier alpha value is -3.01. The van der Waals surface area contributed by atoms with E-state index in [-0.39, 0.29) is 5.91 Å². The Kier molecular flexibility index (Phi) is 4.66. The number of hydrogen-bond donors (Lipinski definition) is 1. The minimum atomic E-state index is -0.629. The van der Waals surface area contributed by atoms with Crippen molar-refractivity contribution in [2.75, 3.05) is 12.4 Å². The molecule has 3 rings (SSSR count). The number of hydrogen-bond acceptors (Lipinski definition) is 3. The Labute approximate surface area is 141 Å². The summed E-state index contributed by atoms with van der Waals surface area (Å²) in [6.07, 6.45) is -0.629. The summed E-state index contributed by atoms with van der Waals surface area (Å²) in [5.41, 5.74) is 0.777. The van der Waals surface area contributed by atoms with Crippen molar-refractivity contribution in [1.82, 2.24) is 0 Å². The van der Waals surface area contributed by atoms with Crippen LogP contribution in [0.1, 0.15) is 6.92 Å². The van der Waals surface area contributed by atoms with Gasteiger partial charge in [0.25, 0.3) is 5.91 Å². The number of carbonyl (C=O) groups is 1. The summed E-state index contributed by atoms with van der Waals surface area (Å²) in [6, 6.07) is 20.9. The summed E-state index contributed by atoms with van der Waals surface area (Å²) >= 11 is 0. The van der Waals surface area contributed by atoms with Gasteiger partial charge in [0.2, 0.25) is 0 Å². The van der Waals surface area contributed by atoms with Crippen LogP contribution in [0.5, 0.6) is 11.5 Å². The van der Waals surface area contributed by atoms with Crippen molar-refractivity contribution in [2.24, 2.45) is 0 Å². The van der Waals surface area contributed by atoms with E-state index in [9.17, 15) is 4.79 Å². The van der Waals surface area contributed by atoms with Gasteiger partial charge < -0.3 is 14.8 Å². The smallest absolute Gasteiger partial charge is 0.265 e. The summed E-state index contributed by atoms with van der Waals surface area (Å²) in [4.78, 5) is 12.4. The first-order chi connectivity index (χ1) is 11.7. The van der Waals surface area contributed by atoms with Gasteiger partial charge in [0.15, 0.2) is 6.10 Å². The lowest BCUT2D eigenvalue weighted by atomic mass is 10.1. The third kappa shape index (κ3) is 3.49. The van der Waals surface area contributed by atoms with Gasteiger partial charge in [-0.05, 0) is 30.5 Å². The zero-order valence-corrected chi connectivity index (χ0v) is 13.7. The zero-order chi connectivity index (χ0) is 16.9. The Morgan fingerprint density at radius 3 is 2.50 bits per heavy atom. The van der Waals surface area contributed by atoms with Gasteiger partial charge in [0, 0.05) is 17.1 Å². The quantitative estimate of drug-likeness (QED) is 0.764. The van der Waals surface area contributed by atoms with Gasteiger partial charge in [-0.25, -0.2) is 0 Å². The zero-order valence-electron chi connectivity index (χ0n) is 13.7. The molecular formula is C20H19NO3. The van der Waals surface area contributed by atoms with Crippen LogP contribution in [0.15, 0.2) is 66.7 Å². The molecular weight excluding hydrogens is 302 g/mol. The van der Waals surface area contributed by atoms with Crippen LogP contribution in [-0.4, -0.2) is 19.1 Å². The van der Waals surface area contributed by atoms with Crippen molar-refractivity contribution < 1.29 is 14.3 Å². The molecule has 3 aromatic carbocycles. The van der Waals surface area contributed by atoms with Crippen LogP contribution in [0.4, 0.5) is 5.69 Å². The van der Waals surface area contributed by atoms with Gasteiger partial charge in [0.05, 0.1) is 7.11 Å². The third-order valence-electron chi connectivity index (χ3n) is 3.77. The van der Waals surface area contributed by atoms with Crippen molar-refractivity contribution in [2.45, 2.75) is 13.0 Å². The molecule has 0 aliphatic heterocycles. The highest BCUT2D eigenvalue weighted by Crippen LogP contribution is 2.24. The number of carbonyl (C=O) groups excluding carboxylic acids is 1. The minimum absolute atomic E-state index is 0.200. The number of anilines is 1. The molecule has 24 heavy (non-hydrogen) atoms. The molecule has 0 saturated heterocycles. The molecule has 0 radical (unpaired) electrons. The van der Waals surface area contributed by atoms with Gasteiger partial charge in [-0.15, -0.1) is 0 Å². The van der Waals surface area contributed by atoms with Crippen molar-refractivity contribution >= 4 is 22.4 Å². The molecule has 1 amide bonds. The maximum absolute atomic E-state index is 12.4. The molecule has 0 aliphatic rings. The topological polar surface area (TPSA) is 47.6 Å². The van der Waals surface area contributed by atoms with Crippen molar-refractivity contribution in [3.8, 4) is 11.5 Å². The van der Waals surface area contributed by atoms with Crippen LogP contribution in [0.25, 0.3) is 10.8 Å². The van der Waals surface area contributed by atoms with Crippen molar-refractivity contribution in [3.05, 3.63) is 66.7 Å². The molecule has 0 fully saturated rings. The van der Waals surface area contributed by atoms with E-state index in [4.69, 9.17) is 9.47 Å². The van der Waals surface area contributed by atoms with Crippen LogP contribution in [-0.2, 0) is 4.79 Å². The maximum atomic E-state index is 12.4. The summed E-state index contributed by atoms with van der Waals surface area (Å²) in [6.45, 7) is 1.72. The second-order valence-corrected chi connectivity index (χ2v) is 5.46. The van der Waals surface area contributed by atoms with Gasteiger partial charge in [-0.2, -0.15) is 0 Å². The fourth-order valence-corrected chi connectivity index (χ4v) is 2.50. The van der Waals surface area contributed by atoms with Crippen molar-refractivity contribution in [3.63, 3.8) is 0 Å². The lowest BCUT2D eigenvalue weighted by Crippen LogP contribution is -2.30. The maximum Gasteiger partial charge on any atom is 0.265 e. The highest BCUT2D eigenvalue weighted by atomic mass is 16.5. The van der Waals surface area contributed by atoms with Gasteiger partial charge in [0.1, 0.15) is 11.5 Å². The van der Waals surface area contributed by atoms with Crippen LogP contribution < -0.4 is 14.8 Å². The second-order valence-electron chi connectivity index (χ2n) is 5.46. The molecule has 1 atom stereocenters. The van der Waals surface area contributed by atoms with E-state index < -0.39 is 6.10 Å². The molecule has 4 nitrogen and oxygen atoms in total. The lowest BCUT2D eigenvalue weighted by molar-refractivity contribution is -0.122. The van der Waals surface area contributed by atoms with Gasteiger partial charge >= 0.3 is 0 Å². The van der Waals surface area contributed by atoms with Crippen LogP contribution in [0.2, 0.25) is 0 Å². The van der Waals surface area contributed by atoms with E-state index in [1.165, 1.54) is 0 Å². The predicted molar refractivity (Wildman–Crippen MR) is 95.7 cm³/mol. The van der Waals surface area contributed by atoms with E-state index in [1.54, 1.807) is 26.2 Å². The average Bonchev–Trinajstić information content (AvgIpc) is 2.62. The summed E-state index contributed by atoms with van der Waals surface area (Å²) in [5, 5.41) is 5.02. The Morgan fingerprint density at radius 1 is 0.958 bits per heavy atom. The Morgan fingerprint density at radius 2 is 1.67 bits per heavy atom. The molecule has 0 saturated carbocycles. The standard InChI is InChI=1S/C20H19NO3/c1-14(24-17-10-6-9-16(13-17)23-2)20(22)21-19-12-5-8-15-7-3-4-11-18(15)19/h3-14H,1-2H3,(H,21,22). The van der Waals surface area contributed by atoms with E-state index in [0.717, 1.165) is 16.5 Å². The van der Waals surface area contributed by atoms with Gasteiger partial charge in [-0.3, -0.25) is 4.79 Å². The summed E-state index contributed by atoms with van der Waals surface area (Å²) < 4.78 is 10.9. The summed E-state index contributed by atoms with van der Waals surface area (Å²) in [5.74, 6) is 1.08. The van der Waals surface area contributed by atoms with Crippen molar-refractivity contribution in [1.29, 1.82) is 0 Å². The minimum Gasteiger partial charge on any atom is -0.497 e. The number of rotatable bonds is 5. The molecule has 0 heterocycles. The fraction of sp³-hybridized carbons (Fsp3) is 0.150. The summed E-state index contributed by atoms with van der Waals surface area (Å²) in [7, 11) is 1.59. The van der Waals surface area contributed by atoms with Gasteiger partial charge in [-0.1, -0.05) is 42.5 Å². The van der Waals surface area contributed by atoms with E-state index in [1.807, 2.05) is 54.6 Å². The van der Waals surface area contributed by atoms with Crippen LogP contribution in [0, 0.1) is 0 Å². The monoisotopic (exact) mass is 321 g/mol. The number of nitrogens with one attached hydrogen (secondary N) is 1. The number of benzene rings is 3. The Balaban J connectivity index is 1.73. The predicted octanol–water partition coefficient (Wildman–Crippen LogP) is 4.25. The first-order valence-corrected chi connectivity index (χ1v) is 7.77.